The first-order chi connectivity index (χ1) is 16.1. The summed E-state index contributed by atoms with van der Waals surface area (Å²) in [7, 11) is 1.76. The zero-order valence-corrected chi connectivity index (χ0v) is 19.2. The van der Waals surface area contributed by atoms with Gasteiger partial charge in [0.25, 0.3) is 0 Å². The number of hydrogen-bond acceptors (Lipinski definition) is 4. The number of benzene rings is 3. The Morgan fingerprint density at radius 3 is 2.42 bits per heavy atom. The molecule has 5 aromatic rings. The van der Waals surface area contributed by atoms with Crippen molar-refractivity contribution in [1.82, 2.24) is 14.1 Å². The summed E-state index contributed by atoms with van der Waals surface area (Å²) < 4.78 is 4.36. The molecule has 0 aliphatic heterocycles. The lowest BCUT2D eigenvalue weighted by atomic mass is 10.1. The minimum absolute atomic E-state index is 0.0372. The Hall–Kier alpha value is -3.71. The van der Waals surface area contributed by atoms with Crippen molar-refractivity contribution in [3.8, 4) is 0 Å². The van der Waals surface area contributed by atoms with Gasteiger partial charge in [-0.3, -0.25) is 18.8 Å². The second-order valence-electron chi connectivity index (χ2n) is 7.98. The maximum Gasteiger partial charge on any atom is 0.328 e. The molecule has 0 aliphatic carbocycles. The first-order valence-corrected chi connectivity index (χ1v) is 11.8. The smallest absolute Gasteiger partial charge is 0.295 e. The van der Waals surface area contributed by atoms with Gasteiger partial charge in [0.2, 0.25) is 5.91 Å². The highest BCUT2D eigenvalue weighted by molar-refractivity contribution is 7.22. The first kappa shape index (κ1) is 21.2. The third-order valence-corrected chi connectivity index (χ3v) is 6.94. The zero-order valence-electron chi connectivity index (χ0n) is 18.3. The number of hydrogen-bond donors (Lipinski definition) is 0. The third-order valence-electron chi connectivity index (χ3n) is 5.88. The Morgan fingerprint density at radius 2 is 1.64 bits per heavy atom. The number of nitrogens with zero attached hydrogens (tertiary/aromatic N) is 4. The Kier molecular flexibility index (Phi) is 5.79. The summed E-state index contributed by atoms with van der Waals surface area (Å²) in [6, 6.07) is 25.7. The summed E-state index contributed by atoms with van der Waals surface area (Å²) >= 11 is 1.52. The topological polar surface area (TPSA) is 60.1 Å². The minimum atomic E-state index is -0.111. The molecule has 0 aliphatic rings. The van der Waals surface area contributed by atoms with Gasteiger partial charge in [0.05, 0.1) is 21.3 Å². The normalized spacial score (nSPS) is 11.3. The monoisotopic (exact) mass is 456 g/mol. The molecular weight excluding hydrogens is 432 g/mol. The fraction of sp³-hybridized carbons (Fsp3) is 0.192. The van der Waals surface area contributed by atoms with Gasteiger partial charge in [-0.05, 0) is 36.2 Å². The van der Waals surface area contributed by atoms with Crippen molar-refractivity contribution in [3.05, 3.63) is 94.9 Å². The standard InChI is InChI=1S/C26H24N4O2S/c1-28-21-12-6-7-13-22(21)29(26(28)32)18-16-24(31)30(17-15-19-9-3-2-4-10-19)25-27-20-11-5-8-14-23(20)33-25/h2-14H,15-18H2,1H3. The molecule has 2 aromatic heterocycles. The van der Waals surface area contributed by atoms with Gasteiger partial charge in [-0.25, -0.2) is 9.78 Å². The number of carbonyl (C=O) groups excluding carboxylic acids is 1. The Bertz CT molecular complexity index is 1450. The fourth-order valence-corrected chi connectivity index (χ4v) is 5.12. The summed E-state index contributed by atoms with van der Waals surface area (Å²) in [6.07, 6.45) is 0.954. The number of thiazole rings is 1. The fourth-order valence-electron chi connectivity index (χ4n) is 4.11. The minimum Gasteiger partial charge on any atom is -0.295 e. The average molecular weight is 457 g/mol. The van der Waals surface area contributed by atoms with Crippen molar-refractivity contribution in [3.63, 3.8) is 0 Å². The van der Waals surface area contributed by atoms with Crippen molar-refractivity contribution in [1.29, 1.82) is 0 Å². The lowest BCUT2D eigenvalue weighted by Crippen LogP contribution is -2.34. The van der Waals surface area contributed by atoms with Crippen molar-refractivity contribution < 1.29 is 4.79 Å². The number of anilines is 1. The van der Waals surface area contributed by atoms with E-state index in [-0.39, 0.29) is 18.0 Å². The molecule has 0 spiro atoms. The summed E-state index contributed by atoms with van der Waals surface area (Å²) in [5.74, 6) is -0.0372. The molecule has 1 amide bonds. The predicted molar refractivity (Wildman–Crippen MR) is 134 cm³/mol. The molecule has 5 rings (SSSR count). The highest BCUT2D eigenvalue weighted by Crippen LogP contribution is 2.29. The second-order valence-corrected chi connectivity index (χ2v) is 8.99. The highest BCUT2D eigenvalue weighted by atomic mass is 32.1. The van der Waals surface area contributed by atoms with Gasteiger partial charge in [0.1, 0.15) is 0 Å². The molecular formula is C26H24N4O2S. The average Bonchev–Trinajstić information content (AvgIpc) is 3.38. The Balaban J connectivity index is 1.41. The van der Waals surface area contributed by atoms with Crippen LogP contribution >= 0.6 is 11.3 Å². The quantitative estimate of drug-likeness (QED) is 0.359. The van der Waals surface area contributed by atoms with Crippen molar-refractivity contribution in [2.24, 2.45) is 7.05 Å². The molecule has 0 N–H and O–H groups in total. The lowest BCUT2D eigenvalue weighted by molar-refractivity contribution is -0.118. The van der Waals surface area contributed by atoms with E-state index in [4.69, 9.17) is 4.98 Å². The number of imidazole rings is 1. The van der Waals surface area contributed by atoms with E-state index in [2.05, 4.69) is 12.1 Å². The molecule has 0 saturated carbocycles. The van der Waals surface area contributed by atoms with Crippen LogP contribution in [0.5, 0.6) is 0 Å². The number of amides is 1. The van der Waals surface area contributed by atoms with Crippen LogP contribution < -0.4 is 10.6 Å². The van der Waals surface area contributed by atoms with Crippen LogP contribution in [0.25, 0.3) is 21.3 Å². The first-order valence-electron chi connectivity index (χ1n) is 11.0. The second kappa shape index (κ2) is 9.03. The van der Waals surface area contributed by atoms with Crippen LogP contribution in [0.15, 0.2) is 83.7 Å². The predicted octanol–water partition coefficient (Wildman–Crippen LogP) is 4.62. The molecule has 33 heavy (non-hydrogen) atoms. The van der Waals surface area contributed by atoms with Crippen molar-refractivity contribution in [2.45, 2.75) is 19.4 Å². The van der Waals surface area contributed by atoms with Gasteiger partial charge in [-0.1, -0.05) is 65.9 Å². The van der Waals surface area contributed by atoms with Crippen LogP contribution in [0.1, 0.15) is 12.0 Å². The van der Waals surface area contributed by atoms with E-state index in [9.17, 15) is 9.59 Å². The van der Waals surface area contributed by atoms with Crippen molar-refractivity contribution >= 4 is 43.6 Å². The number of carbonyl (C=O) groups is 1. The molecule has 3 aromatic carbocycles. The van der Waals surface area contributed by atoms with Gasteiger partial charge in [-0.2, -0.15) is 0 Å². The van der Waals surface area contributed by atoms with Crippen LogP contribution in [0.3, 0.4) is 0 Å². The summed E-state index contributed by atoms with van der Waals surface area (Å²) in [4.78, 5) is 32.7. The summed E-state index contributed by atoms with van der Waals surface area (Å²) in [6.45, 7) is 0.860. The van der Waals surface area contributed by atoms with Gasteiger partial charge < -0.3 is 0 Å². The number of fused-ring (bicyclic) bond motifs is 2. The maximum absolute atomic E-state index is 13.4. The molecule has 6 nitrogen and oxygen atoms in total. The van der Waals surface area contributed by atoms with Crippen LogP contribution in [-0.4, -0.2) is 26.6 Å². The number of para-hydroxylation sites is 3. The lowest BCUT2D eigenvalue weighted by Gasteiger charge is -2.20. The van der Waals surface area contributed by atoms with Gasteiger partial charge in [-0.15, -0.1) is 0 Å². The molecule has 2 heterocycles. The van der Waals surface area contributed by atoms with Crippen LogP contribution in [0.4, 0.5) is 5.13 Å². The molecule has 0 atom stereocenters. The largest absolute Gasteiger partial charge is 0.328 e. The maximum atomic E-state index is 13.4. The zero-order chi connectivity index (χ0) is 22.8. The molecule has 0 bridgehead atoms. The highest BCUT2D eigenvalue weighted by Gasteiger charge is 2.21. The van der Waals surface area contributed by atoms with E-state index < -0.39 is 0 Å². The van der Waals surface area contributed by atoms with Crippen LogP contribution in [0, 0.1) is 0 Å². The molecule has 0 saturated heterocycles. The Morgan fingerprint density at radius 1 is 0.939 bits per heavy atom. The van der Waals surface area contributed by atoms with Crippen molar-refractivity contribution in [2.75, 3.05) is 11.4 Å². The number of aromatic nitrogens is 3. The van der Waals surface area contributed by atoms with Gasteiger partial charge in [0, 0.05) is 26.6 Å². The summed E-state index contributed by atoms with van der Waals surface area (Å²) in [5.41, 5.74) is 3.65. The van der Waals surface area contributed by atoms with Gasteiger partial charge in [0.15, 0.2) is 5.13 Å². The van der Waals surface area contributed by atoms with Gasteiger partial charge >= 0.3 is 5.69 Å². The Labute approximate surface area is 195 Å². The van der Waals surface area contributed by atoms with E-state index >= 15 is 0 Å². The third kappa shape index (κ3) is 4.19. The van der Waals surface area contributed by atoms with E-state index in [1.807, 2.05) is 66.7 Å². The summed E-state index contributed by atoms with van der Waals surface area (Å²) in [5, 5.41) is 0.697. The number of aryl methyl sites for hydroxylation is 2. The van der Waals surface area contributed by atoms with E-state index in [1.165, 1.54) is 16.9 Å². The molecule has 0 unspecified atom stereocenters. The SMILES string of the molecule is Cn1c(=O)n(CCC(=O)N(CCc2ccccc2)c2nc3ccccc3s2)c2ccccc21. The van der Waals surface area contributed by atoms with Crippen LogP contribution in [-0.2, 0) is 24.8 Å². The van der Waals surface area contributed by atoms with Crippen LogP contribution in [0.2, 0.25) is 0 Å². The number of rotatable bonds is 7. The molecule has 7 heteroatoms. The van der Waals surface area contributed by atoms with E-state index in [1.54, 1.807) is 21.1 Å². The molecule has 0 fully saturated rings. The van der Waals surface area contributed by atoms with E-state index in [0.29, 0.717) is 18.2 Å². The van der Waals surface area contributed by atoms with E-state index in [0.717, 1.165) is 27.7 Å². The molecule has 0 radical (unpaired) electrons. The molecule has 166 valence electrons.